The van der Waals surface area contributed by atoms with E-state index in [-0.39, 0.29) is 35.8 Å². The van der Waals surface area contributed by atoms with Gasteiger partial charge in [0.1, 0.15) is 6.04 Å². The Morgan fingerprint density at radius 2 is 1.95 bits per heavy atom. The van der Waals surface area contributed by atoms with Crippen molar-refractivity contribution >= 4 is 33.4 Å². The third-order valence-electron chi connectivity index (χ3n) is 4.32. The van der Waals surface area contributed by atoms with Gasteiger partial charge < -0.3 is 10.2 Å². The van der Waals surface area contributed by atoms with E-state index in [1.165, 1.54) is 0 Å². The van der Waals surface area contributed by atoms with Gasteiger partial charge in [-0.05, 0) is 12.8 Å². The smallest absolute Gasteiger partial charge is 0.243 e. The minimum atomic E-state index is -3.08. The first kappa shape index (κ1) is 17.6. The molecule has 1 atom stereocenters. The molecule has 6 nitrogen and oxygen atoms in total. The first-order valence-corrected chi connectivity index (χ1v) is 10.8. The van der Waals surface area contributed by atoms with Crippen LogP contribution in [0.5, 0.6) is 0 Å². The van der Waals surface area contributed by atoms with Gasteiger partial charge in [-0.15, -0.1) is 11.8 Å². The number of nitrogens with zero attached hydrogens (tertiary/aromatic N) is 1. The number of sulfone groups is 1. The predicted molar refractivity (Wildman–Crippen MR) is 87.3 cm³/mol. The van der Waals surface area contributed by atoms with Crippen LogP contribution in [0.15, 0.2) is 0 Å². The average molecular weight is 348 g/mol. The van der Waals surface area contributed by atoms with Crippen molar-refractivity contribution in [2.45, 2.75) is 38.6 Å². The molecule has 2 fully saturated rings. The Bertz CT molecular complexity index is 515. The fraction of sp³-hybridized carbons (Fsp3) is 0.857. The topological polar surface area (TPSA) is 83.6 Å². The fourth-order valence-corrected chi connectivity index (χ4v) is 4.74. The van der Waals surface area contributed by atoms with Gasteiger partial charge in [0, 0.05) is 24.0 Å². The third-order valence-corrected chi connectivity index (χ3v) is 7.04. The normalized spacial score (nSPS) is 23.0. The SMILES string of the molecule is CCS(=O)(=O)CCNC(=O)[C@@H]1CSCN1C(=O)C1CCCC1. The van der Waals surface area contributed by atoms with Gasteiger partial charge in [-0.25, -0.2) is 8.42 Å². The lowest BCUT2D eigenvalue weighted by Gasteiger charge is -2.25. The molecule has 8 heteroatoms. The van der Waals surface area contributed by atoms with Crippen LogP contribution < -0.4 is 5.32 Å². The molecule has 0 unspecified atom stereocenters. The number of hydrogen-bond acceptors (Lipinski definition) is 5. The number of amides is 2. The minimum Gasteiger partial charge on any atom is -0.353 e. The van der Waals surface area contributed by atoms with E-state index in [0.29, 0.717) is 11.6 Å². The fourth-order valence-electron chi connectivity index (χ4n) is 2.88. The van der Waals surface area contributed by atoms with Gasteiger partial charge in [0.25, 0.3) is 0 Å². The highest BCUT2D eigenvalue weighted by molar-refractivity contribution is 7.99. The largest absolute Gasteiger partial charge is 0.353 e. The van der Waals surface area contributed by atoms with Crippen molar-refractivity contribution in [2.75, 3.05) is 29.7 Å². The molecule has 1 N–H and O–H groups in total. The number of thioether (sulfide) groups is 1. The van der Waals surface area contributed by atoms with Crippen LogP contribution in [0.2, 0.25) is 0 Å². The van der Waals surface area contributed by atoms with E-state index >= 15 is 0 Å². The van der Waals surface area contributed by atoms with Crippen LogP contribution in [0.4, 0.5) is 0 Å². The van der Waals surface area contributed by atoms with Crippen LogP contribution in [0, 0.1) is 5.92 Å². The monoisotopic (exact) mass is 348 g/mol. The second-order valence-corrected chi connectivity index (χ2v) is 9.31. The van der Waals surface area contributed by atoms with Crippen molar-refractivity contribution in [3.05, 3.63) is 0 Å². The summed E-state index contributed by atoms with van der Waals surface area (Å²) in [5.74, 6) is 1.09. The molecule has 0 aromatic carbocycles. The second kappa shape index (κ2) is 7.68. The predicted octanol–water partition coefficient (Wildman–Crippen LogP) is 0.629. The Kier molecular flexibility index (Phi) is 6.14. The summed E-state index contributed by atoms with van der Waals surface area (Å²) >= 11 is 1.58. The molecule has 2 aliphatic rings. The molecule has 1 saturated carbocycles. The minimum absolute atomic E-state index is 0.0499. The molecule has 0 spiro atoms. The molecular weight excluding hydrogens is 324 g/mol. The molecule has 1 aliphatic heterocycles. The van der Waals surface area contributed by atoms with Crippen LogP contribution >= 0.6 is 11.8 Å². The number of nitrogens with one attached hydrogen (secondary N) is 1. The molecule has 0 aromatic rings. The maximum absolute atomic E-state index is 12.5. The summed E-state index contributed by atoms with van der Waals surface area (Å²) in [6, 6.07) is -0.456. The summed E-state index contributed by atoms with van der Waals surface area (Å²) in [4.78, 5) is 26.4. The highest BCUT2D eigenvalue weighted by Gasteiger charge is 2.38. The third kappa shape index (κ3) is 4.38. The summed E-state index contributed by atoms with van der Waals surface area (Å²) in [6.07, 6.45) is 4.01. The van der Waals surface area contributed by atoms with Gasteiger partial charge in [-0.1, -0.05) is 19.8 Å². The van der Waals surface area contributed by atoms with E-state index in [2.05, 4.69) is 5.32 Å². The molecule has 0 radical (unpaired) electrons. The molecule has 0 aromatic heterocycles. The maximum Gasteiger partial charge on any atom is 0.243 e. The molecule has 2 amide bonds. The highest BCUT2D eigenvalue weighted by Crippen LogP contribution is 2.30. The van der Waals surface area contributed by atoms with Crippen LogP contribution in [-0.2, 0) is 19.4 Å². The van der Waals surface area contributed by atoms with Gasteiger partial charge in [-0.2, -0.15) is 0 Å². The first-order valence-electron chi connectivity index (χ1n) is 7.81. The summed E-state index contributed by atoms with van der Waals surface area (Å²) in [5, 5.41) is 2.67. The Morgan fingerprint density at radius 3 is 2.59 bits per heavy atom. The van der Waals surface area contributed by atoms with Gasteiger partial charge in [0.2, 0.25) is 11.8 Å². The van der Waals surface area contributed by atoms with Crippen LogP contribution in [0.3, 0.4) is 0 Å². The zero-order chi connectivity index (χ0) is 16.2. The molecule has 1 saturated heterocycles. The lowest BCUT2D eigenvalue weighted by Crippen LogP contribution is -2.49. The van der Waals surface area contributed by atoms with Crippen molar-refractivity contribution in [3.63, 3.8) is 0 Å². The molecule has 22 heavy (non-hydrogen) atoms. The van der Waals surface area contributed by atoms with E-state index in [9.17, 15) is 18.0 Å². The van der Waals surface area contributed by atoms with Crippen LogP contribution in [0.1, 0.15) is 32.6 Å². The Morgan fingerprint density at radius 1 is 1.27 bits per heavy atom. The van der Waals surface area contributed by atoms with Crippen molar-refractivity contribution in [1.82, 2.24) is 10.2 Å². The van der Waals surface area contributed by atoms with Gasteiger partial charge in [-0.3, -0.25) is 9.59 Å². The molecule has 0 bridgehead atoms. The highest BCUT2D eigenvalue weighted by atomic mass is 32.2. The summed E-state index contributed by atoms with van der Waals surface area (Å²) in [6.45, 7) is 1.70. The summed E-state index contributed by atoms with van der Waals surface area (Å²) in [5.41, 5.74) is 0. The molecule has 2 rings (SSSR count). The Labute approximate surface area is 136 Å². The van der Waals surface area contributed by atoms with Crippen molar-refractivity contribution < 1.29 is 18.0 Å². The van der Waals surface area contributed by atoms with Gasteiger partial charge >= 0.3 is 0 Å². The standard InChI is InChI=1S/C14H24N2O4S2/c1-2-22(19,20)8-7-15-13(17)12-9-21-10-16(12)14(18)11-5-3-4-6-11/h11-12H,2-10H2,1H3,(H,15,17)/t12-/m0/s1. The number of hydrogen-bond donors (Lipinski definition) is 1. The lowest BCUT2D eigenvalue weighted by atomic mass is 10.1. The van der Waals surface area contributed by atoms with Gasteiger partial charge in [0.15, 0.2) is 9.84 Å². The first-order chi connectivity index (χ1) is 10.4. The van der Waals surface area contributed by atoms with E-state index in [4.69, 9.17) is 0 Å². The van der Waals surface area contributed by atoms with Gasteiger partial charge in [0.05, 0.1) is 11.6 Å². The second-order valence-electron chi connectivity index (χ2n) is 5.83. The van der Waals surface area contributed by atoms with Crippen molar-refractivity contribution in [1.29, 1.82) is 0 Å². The number of rotatable bonds is 6. The average Bonchev–Trinajstić information content (AvgIpc) is 3.17. The lowest BCUT2D eigenvalue weighted by molar-refractivity contribution is -0.141. The zero-order valence-electron chi connectivity index (χ0n) is 12.9. The molecule has 1 heterocycles. The number of carbonyl (C=O) groups is 2. The quantitative estimate of drug-likeness (QED) is 0.761. The Hall–Kier alpha value is -0.760. The van der Waals surface area contributed by atoms with E-state index < -0.39 is 15.9 Å². The maximum atomic E-state index is 12.5. The summed E-state index contributed by atoms with van der Waals surface area (Å²) in [7, 11) is -3.08. The van der Waals surface area contributed by atoms with Crippen LogP contribution in [-0.4, -0.2) is 60.9 Å². The zero-order valence-corrected chi connectivity index (χ0v) is 14.5. The summed E-state index contributed by atoms with van der Waals surface area (Å²) < 4.78 is 22.9. The molecule has 126 valence electrons. The van der Waals surface area contributed by atoms with Crippen molar-refractivity contribution in [3.8, 4) is 0 Å². The Balaban J connectivity index is 1.86. The van der Waals surface area contributed by atoms with Crippen molar-refractivity contribution in [2.24, 2.45) is 5.92 Å². The number of carbonyl (C=O) groups excluding carboxylic acids is 2. The van der Waals surface area contributed by atoms with E-state index in [0.717, 1.165) is 25.7 Å². The van der Waals surface area contributed by atoms with E-state index in [1.54, 1.807) is 23.6 Å². The van der Waals surface area contributed by atoms with E-state index in [1.807, 2.05) is 0 Å². The molecule has 1 aliphatic carbocycles. The van der Waals surface area contributed by atoms with Crippen LogP contribution in [0.25, 0.3) is 0 Å². The molecular formula is C14H24N2O4S2.